The number of fused-ring (bicyclic) bond motifs is 1. The molecule has 5 rings (SSSR count). The third-order valence-corrected chi connectivity index (χ3v) is 11.8. The number of hydrogen-bond donors (Lipinski definition) is 1. The zero-order valence-corrected chi connectivity index (χ0v) is 29.2. The van der Waals surface area contributed by atoms with Gasteiger partial charge in [0, 0.05) is 29.7 Å². The van der Waals surface area contributed by atoms with Gasteiger partial charge in [-0.15, -0.1) is 24.9 Å². The summed E-state index contributed by atoms with van der Waals surface area (Å²) in [6, 6.07) is 12.0. The summed E-state index contributed by atoms with van der Waals surface area (Å²) in [5.41, 5.74) is 3.46. The number of aliphatic hydroxyl groups excluding tert-OH is 1. The number of aryl methyl sites for hydroxylation is 2. The topological polar surface area (TPSA) is 90.4 Å². The number of rotatable bonds is 14. The molecule has 1 N–H and O–H groups in total. The molecule has 9 heteroatoms. The molecule has 252 valence electrons. The quantitative estimate of drug-likeness (QED) is 0.253. The molecular weight excluding hydrogens is 611 g/mol. The van der Waals surface area contributed by atoms with Crippen LogP contribution in [0.5, 0.6) is 5.75 Å². The first-order chi connectivity index (χ1) is 22.5. The van der Waals surface area contributed by atoms with Crippen LogP contribution >= 0.6 is 11.8 Å². The summed E-state index contributed by atoms with van der Waals surface area (Å²) in [5.74, 6) is -0.934. The number of thioether (sulfide) groups is 1. The largest absolute Gasteiger partial charge is 0.494 e. The standard InChI is InChI=1S/C38H49N3O5S/c1-8-19-39(27-13-15-29(16-14-27)46-10-3)35(43)32-31-17-18-38(47-31)33(32)36(44)41(28(23-42)21-24(4)5)34(38)37(45)40(20-9-2)30-22-25(6)11-12-26(30)7/h8-9,11-16,22,24,28,31-34,42H,1-2,10,17-21,23H2,3-7H3/t28-,31-,32+,33+,34?,38?/m1/s1. The summed E-state index contributed by atoms with van der Waals surface area (Å²) >= 11 is 1.64. The number of carbonyl (C=O) groups excluding carboxylic acids is 3. The first-order valence-corrected chi connectivity index (χ1v) is 17.7. The third kappa shape index (κ3) is 6.24. The molecule has 2 aromatic rings. The van der Waals surface area contributed by atoms with E-state index in [2.05, 4.69) is 27.0 Å². The van der Waals surface area contributed by atoms with Crippen molar-refractivity contribution in [2.75, 3.05) is 36.1 Å². The van der Waals surface area contributed by atoms with Gasteiger partial charge in [0.15, 0.2) is 0 Å². The minimum absolute atomic E-state index is 0.102. The van der Waals surface area contributed by atoms with Crippen molar-refractivity contribution >= 4 is 40.9 Å². The highest BCUT2D eigenvalue weighted by Crippen LogP contribution is 2.67. The van der Waals surface area contributed by atoms with Crippen molar-refractivity contribution in [1.82, 2.24) is 4.90 Å². The van der Waals surface area contributed by atoms with Crippen molar-refractivity contribution in [3.63, 3.8) is 0 Å². The Hall–Kier alpha value is -3.56. The number of aliphatic hydroxyl groups is 1. The fourth-order valence-electron chi connectivity index (χ4n) is 7.98. The second-order valence-corrected chi connectivity index (χ2v) is 15.1. The van der Waals surface area contributed by atoms with Gasteiger partial charge in [-0.1, -0.05) is 38.1 Å². The fraction of sp³-hybridized carbons (Fsp3) is 0.500. The van der Waals surface area contributed by atoms with Gasteiger partial charge in [-0.05, 0) is 87.4 Å². The molecule has 3 fully saturated rings. The monoisotopic (exact) mass is 659 g/mol. The van der Waals surface area contributed by atoms with Crippen LogP contribution in [0.4, 0.5) is 11.4 Å². The maximum atomic E-state index is 15.1. The number of carbonyl (C=O) groups is 3. The highest BCUT2D eigenvalue weighted by Gasteiger charge is 2.74. The zero-order chi connectivity index (χ0) is 34.0. The van der Waals surface area contributed by atoms with E-state index in [4.69, 9.17) is 4.74 Å². The van der Waals surface area contributed by atoms with Gasteiger partial charge in [-0.2, -0.15) is 0 Å². The number of amides is 3. The molecular formula is C38H49N3O5S. The molecule has 3 saturated heterocycles. The van der Waals surface area contributed by atoms with Gasteiger partial charge in [0.05, 0.1) is 35.8 Å². The Morgan fingerprint density at radius 3 is 2.38 bits per heavy atom. The molecule has 3 heterocycles. The lowest BCUT2D eigenvalue weighted by Crippen LogP contribution is -2.58. The van der Waals surface area contributed by atoms with Crippen molar-refractivity contribution in [1.29, 1.82) is 0 Å². The number of benzene rings is 2. The molecule has 47 heavy (non-hydrogen) atoms. The molecule has 3 aliphatic heterocycles. The summed E-state index contributed by atoms with van der Waals surface area (Å²) in [4.78, 5) is 49.7. The predicted molar refractivity (Wildman–Crippen MR) is 190 cm³/mol. The van der Waals surface area contributed by atoms with E-state index in [1.807, 2.05) is 63.2 Å². The average molecular weight is 660 g/mol. The Labute approximate surface area is 283 Å². The lowest BCUT2D eigenvalue weighted by molar-refractivity contribution is -0.142. The van der Waals surface area contributed by atoms with Crippen LogP contribution in [-0.4, -0.2) is 76.1 Å². The summed E-state index contributed by atoms with van der Waals surface area (Å²) in [6.45, 7) is 18.7. The van der Waals surface area contributed by atoms with Gasteiger partial charge < -0.3 is 24.5 Å². The smallest absolute Gasteiger partial charge is 0.251 e. The molecule has 0 aromatic heterocycles. The number of anilines is 2. The van der Waals surface area contributed by atoms with Gasteiger partial charge in [0.25, 0.3) is 5.91 Å². The third-order valence-electron chi connectivity index (χ3n) is 9.87. The minimum Gasteiger partial charge on any atom is -0.494 e. The van der Waals surface area contributed by atoms with E-state index in [0.717, 1.165) is 23.2 Å². The second-order valence-electron chi connectivity index (χ2n) is 13.5. The molecule has 8 nitrogen and oxygen atoms in total. The molecule has 0 aliphatic carbocycles. The van der Waals surface area contributed by atoms with Gasteiger partial charge in [-0.25, -0.2) is 0 Å². The Morgan fingerprint density at radius 2 is 1.77 bits per heavy atom. The molecule has 2 aromatic carbocycles. The van der Waals surface area contributed by atoms with Crippen LogP contribution in [0.3, 0.4) is 0 Å². The molecule has 6 atom stereocenters. The van der Waals surface area contributed by atoms with Crippen molar-refractivity contribution < 1.29 is 24.2 Å². The normalized spacial score (nSPS) is 25.1. The molecule has 0 radical (unpaired) electrons. The number of hydrogen-bond acceptors (Lipinski definition) is 6. The lowest BCUT2D eigenvalue weighted by Gasteiger charge is -2.40. The van der Waals surface area contributed by atoms with E-state index < -0.39 is 28.7 Å². The van der Waals surface area contributed by atoms with E-state index in [1.54, 1.807) is 38.6 Å². The van der Waals surface area contributed by atoms with Crippen LogP contribution in [0.15, 0.2) is 67.8 Å². The molecule has 2 bridgehead atoms. The Kier molecular flexibility index (Phi) is 10.6. The maximum absolute atomic E-state index is 15.1. The SMILES string of the molecule is C=CCN(C(=O)[C@@H]1[C@H]2C(=O)N([C@@H](CO)CC(C)C)C(C(=O)N(CC=C)c3cc(C)ccc3C)C23CC[C@H]1S3)c1ccc(OCC)cc1. The van der Waals surface area contributed by atoms with Gasteiger partial charge in [0.1, 0.15) is 11.8 Å². The second kappa shape index (κ2) is 14.3. The van der Waals surface area contributed by atoms with Crippen molar-refractivity contribution in [2.24, 2.45) is 17.8 Å². The Bertz CT molecular complexity index is 1510. The molecule has 0 saturated carbocycles. The number of ether oxygens (including phenoxy) is 1. The van der Waals surface area contributed by atoms with E-state index in [0.29, 0.717) is 30.9 Å². The Morgan fingerprint density at radius 1 is 1.09 bits per heavy atom. The predicted octanol–water partition coefficient (Wildman–Crippen LogP) is 5.94. The van der Waals surface area contributed by atoms with Crippen LogP contribution in [0, 0.1) is 31.6 Å². The van der Waals surface area contributed by atoms with Crippen LogP contribution in [-0.2, 0) is 14.4 Å². The fourth-order valence-corrected chi connectivity index (χ4v) is 10.2. The first-order valence-electron chi connectivity index (χ1n) is 16.8. The van der Waals surface area contributed by atoms with E-state index >= 15 is 4.79 Å². The first kappa shape index (κ1) is 34.8. The number of nitrogens with zero attached hydrogens (tertiary/aromatic N) is 3. The summed E-state index contributed by atoms with van der Waals surface area (Å²) < 4.78 is 4.83. The van der Waals surface area contributed by atoms with E-state index in [9.17, 15) is 14.7 Å². The highest BCUT2D eigenvalue weighted by atomic mass is 32.2. The van der Waals surface area contributed by atoms with Crippen LogP contribution in [0.2, 0.25) is 0 Å². The molecule has 1 spiro atoms. The zero-order valence-electron chi connectivity index (χ0n) is 28.4. The van der Waals surface area contributed by atoms with Crippen LogP contribution < -0.4 is 14.5 Å². The van der Waals surface area contributed by atoms with Crippen molar-refractivity contribution in [2.45, 2.75) is 76.0 Å². The average Bonchev–Trinajstić information content (AvgIpc) is 3.70. The van der Waals surface area contributed by atoms with E-state index in [-0.39, 0.29) is 48.6 Å². The highest BCUT2D eigenvalue weighted by molar-refractivity contribution is 8.02. The van der Waals surface area contributed by atoms with E-state index in [1.165, 1.54) is 0 Å². The van der Waals surface area contributed by atoms with Crippen LogP contribution in [0.25, 0.3) is 0 Å². The molecule has 3 amide bonds. The molecule has 3 aliphatic rings. The van der Waals surface area contributed by atoms with Gasteiger partial charge >= 0.3 is 0 Å². The minimum atomic E-state index is -0.832. The van der Waals surface area contributed by atoms with Crippen molar-refractivity contribution in [3.8, 4) is 5.75 Å². The summed E-state index contributed by atoms with van der Waals surface area (Å²) in [6.07, 6.45) is 5.33. The van der Waals surface area contributed by atoms with Gasteiger partial charge in [-0.3, -0.25) is 14.4 Å². The molecule has 2 unspecified atom stereocenters. The number of likely N-dealkylation sites (tertiary alicyclic amines) is 1. The summed E-state index contributed by atoms with van der Waals surface area (Å²) in [7, 11) is 0. The summed E-state index contributed by atoms with van der Waals surface area (Å²) in [5, 5.41) is 10.6. The van der Waals surface area contributed by atoms with Crippen molar-refractivity contribution in [3.05, 3.63) is 78.9 Å². The Balaban J connectivity index is 1.60. The lowest BCUT2D eigenvalue weighted by atomic mass is 9.70. The van der Waals surface area contributed by atoms with Gasteiger partial charge in [0.2, 0.25) is 11.8 Å². The maximum Gasteiger partial charge on any atom is 0.251 e. The van der Waals surface area contributed by atoms with Crippen LogP contribution in [0.1, 0.15) is 51.2 Å².